The molecule has 1 aliphatic rings. The van der Waals surface area contributed by atoms with Crippen molar-refractivity contribution >= 4 is 17.7 Å². The number of imide groups is 1. The third-order valence-electron chi connectivity index (χ3n) is 4.38. The van der Waals surface area contributed by atoms with E-state index in [1.165, 1.54) is 19.3 Å². The van der Waals surface area contributed by atoms with E-state index in [4.69, 9.17) is 4.74 Å². The van der Waals surface area contributed by atoms with Gasteiger partial charge in [0.15, 0.2) is 0 Å². The molecule has 1 heterocycles. The molecule has 0 aromatic heterocycles. The number of hydrogen-bond acceptors (Lipinski definition) is 6. The first-order valence-corrected chi connectivity index (χ1v) is 8.56. The zero-order valence-corrected chi connectivity index (χ0v) is 18.2. The summed E-state index contributed by atoms with van der Waals surface area (Å²) in [7, 11) is 1.51. The molecule has 1 radical (unpaired) electrons. The summed E-state index contributed by atoms with van der Waals surface area (Å²) in [4.78, 5) is 35.5. The van der Waals surface area contributed by atoms with E-state index >= 15 is 0 Å². The Kier molecular flexibility index (Phi) is 13.1. The normalized spacial score (nSPS) is 17.0. The van der Waals surface area contributed by atoms with Gasteiger partial charge in [0.05, 0.1) is 12.2 Å². The number of hydrogen-bond donors (Lipinski definition) is 3. The molecule has 3 unspecified atom stereocenters. The molecule has 1 aliphatic heterocycles. The van der Waals surface area contributed by atoms with Gasteiger partial charge in [-0.25, -0.2) is 0 Å². The molecule has 3 amide bonds. The number of aliphatic hydroxyl groups excluding tert-OH is 2. The molecule has 3 atom stereocenters. The number of nitrogens with zero attached hydrogens (tertiary/aromatic N) is 1. The molecule has 1 rings (SSSR count). The second kappa shape index (κ2) is 13.5. The van der Waals surface area contributed by atoms with Crippen LogP contribution < -0.4 is 5.32 Å². The molecule has 0 aliphatic carbocycles. The molecule has 26 heavy (non-hydrogen) atoms. The van der Waals surface area contributed by atoms with Crippen LogP contribution in [0, 0.1) is 5.92 Å². The van der Waals surface area contributed by atoms with Crippen LogP contribution in [0.15, 0.2) is 12.2 Å². The molecule has 0 bridgehead atoms. The van der Waals surface area contributed by atoms with Gasteiger partial charge in [0, 0.05) is 84.0 Å². The molecule has 0 aromatic carbocycles. The van der Waals surface area contributed by atoms with E-state index in [-0.39, 0.29) is 64.1 Å². The van der Waals surface area contributed by atoms with Crippen LogP contribution in [0.25, 0.3) is 0 Å². The van der Waals surface area contributed by atoms with Crippen molar-refractivity contribution in [3.05, 3.63) is 12.2 Å². The topological polar surface area (TPSA) is 116 Å². The minimum atomic E-state index is -0.754. The van der Waals surface area contributed by atoms with Crippen LogP contribution in [0.1, 0.15) is 32.6 Å². The first-order chi connectivity index (χ1) is 11.9. The fourth-order valence-corrected chi connectivity index (χ4v) is 2.69. The van der Waals surface area contributed by atoms with Gasteiger partial charge in [-0.3, -0.25) is 19.3 Å². The van der Waals surface area contributed by atoms with Gasteiger partial charge in [-0.2, -0.15) is 0 Å². The minimum absolute atomic E-state index is 0. The minimum Gasteiger partial charge on any atom is -0.396 e. The van der Waals surface area contributed by atoms with Crippen molar-refractivity contribution in [1.82, 2.24) is 10.2 Å². The second-order valence-electron chi connectivity index (χ2n) is 6.02. The quantitative estimate of drug-likeness (QED) is 0.278. The van der Waals surface area contributed by atoms with Crippen molar-refractivity contribution in [2.24, 2.45) is 5.92 Å². The summed E-state index contributed by atoms with van der Waals surface area (Å²) in [5, 5.41) is 22.1. The molecular weight excluding hydrogens is 417 g/mol. The van der Waals surface area contributed by atoms with Crippen molar-refractivity contribution in [3.8, 4) is 0 Å². The van der Waals surface area contributed by atoms with Gasteiger partial charge in [0.2, 0.25) is 5.91 Å². The summed E-state index contributed by atoms with van der Waals surface area (Å²) in [5.74, 6) is -1.28. The maximum Gasteiger partial charge on any atom is 0.253 e. The Bertz CT molecular complexity index is 478. The zero-order valence-electron chi connectivity index (χ0n) is 15.4. The number of methoxy groups -OCH3 is 1. The Balaban J connectivity index is 0.00000625. The van der Waals surface area contributed by atoms with Crippen LogP contribution in [0.4, 0.5) is 0 Å². The van der Waals surface area contributed by atoms with Crippen molar-refractivity contribution in [2.75, 3.05) is 26.8 Å². The van der Waals surface area contributed by atoms with E-state index in [1.54, 1.807) is 0 Å². The molecule has 0 saturated carbocycles. The third-order valence-corrected chi connectivity index (χ3v) is 4.38. The Hall–Kier alpha value is -0.666. The van der Waals surface area contributed by atoms with Gasteiger partial charge >= 0.3 is 0 Å². The zero-order chi connectivity index (χ0) is 18.8. The molecule has 8 nitrogen and oxygen atoms in total. The van der Waals surface area contributed by atoms with Crippen molar-refractivity contribution < 1.29 is 62.0 Å². The number of nitrogens with one attached hydrogen (secondary N) is 1. The number of rotatable bonds is 12. The summed E-state index contributed by atoms with van der Waals surface area (Å²) < 4.78 is 5.28. The number of carbonyl (C=O) groups excluding carboxylic acids is 3. The maximum atomic E-state index is 11.8. The smallest absolute Gasteiger partial charge is 0.253 e. The number of carbonyl (C=O) groups is 3. The predicted molar refractivity (Wildman–Crippen MR) is 90.4 cm³/mol. The number of amides is 3. The molecule has 9 heteroatoms. The largest absolute Gasteiger partial charge is 0.396 e. The fourth-order valence-electron chi connectivity index (χ4n) is 2.69. The number of aliphatic hydroxyl groups is 2. The van der Waals surface area contributed by atoms with Crippen LogP contribution in [-0.2, 0) is 51.8 Å². The van der Waals surface area contributed by atoms with Gasteiger partial charge < -0.3 is 20.3 Å². The van der Waals surface area contributed by atoms with E-state index in [2.05, 4.69) is 5.32 Å². The maximum absolute atomic E-state index is 11.8. The summed E-state index contributed by atoms with van der Waals surface area (Å²) in [6.45, 7) is 2.26. The van der Waals surface area contributed by atoms with Crippen LogP contribution in [0.2, 0.25) is 0 Å². The van der Waals surface area contributed by atoms with Gasteiger partial charge in [-0.1, -0.05) is 6.92 Å². The standard InChI is InChI=1S/C17H28N2O6.Y/c1-3-12(11-20)17(24)13(25-2)5-4-9-18-14(21)8-10-19-15(22)6-7-16(19)23;/h6-7,12-13,17,20,24H,3-5,8-11H2,1-2H3,(H,18,21);. The van der Waals surface area contributed by atoms with Crippen LogP contribution in [0.5, 0.6) is 0 Å². The van der Waals surface area contributed by atoms with E-state index in [0.29, 0.717) is 25.8 Å². The van der Waals surface area contributed by atoms with Gasteiger partial charge in [0.1, 0.15) is 0 Å². The number of ether oxygens (including phenoxy) is 1. The van der Waals surface area contributed by atoms with E-state index in [0.717, 1.165) is 4.90 Å². The van der Waals surface area contributed by atoms with Crippen molar-refractivity contribution in [1.29, 1.82) is 0 Å². The second-order valence-corrected chi connectivity index (χ2v) is 6.02. The Morgan fingerprint density at radius 1 is 1.31 bits per heavy atom. The molecule has 145 valence electrons. The van der Waals surface area contributed by atoms with E-state index < -0.39 is 24.0 Å². The van der Waals surface area contributed by atoms with Crippen LogP contribution in [-0.4, -0.2) is 71.8 Å². The SMILES string of the molecule is CCC(CO)C(O)C(CCCNC(=O)CCN1C(=O)C=CC1=O)OC.[Y]. The summed E-state index contributed by atoms with van der Waals surface area (Å²) in [5.41, 5.74) is 0. The summed E-state index contributed by atoms with van der Waals surface area (Å²) in [6.07, 6.45) is 3.07. The Morgan fingerprint density at radius 2 is 1.92 bits per heavy atom. The Labute approximate surface area is 179 Å². The molecular formula is C17H28N2O6Y. The van der Waals surface area contributed by atoms with Gasteiger partial charge in [0.25, 0.3) is 11.8 Å². The van der Waals surface area contributed by atoms with Crippen molar-refractivity contribution in [2.45, 2.75) is 44.8 Å². The van der Waals surface area contributed by atoms with E-state index in [9.17, 15) is 24.6 Å². The average Bonchev–Trinajstić information content (AvgIpc) is 2.92. The van der Waals surface area contributed by atoms with Gasteiger partial charge in [-0.15, -0.1) is 0 Å². The first-order valence-electron chi connectivity index (χ1n) is 8.56. The molecule has 0 aromatic rings. The average molecular weight is 445 g/mol. The first kappa shape index (κ1) is 25.3. The third kappa shape index (κ3) is 7.92. The van der Waals surface area contributed by atoms with E-state index in [1.807, 2.05) is 6.92 Å². The van der Waals surface area contributed by atoms with Crippen LogP contribution in [0.3, 0.4) is 0 Å². The summed E-state index contributed by atoms with van der Waals surface area (Å²) in [6, 6.07) is 0. The monoisotopic (exact) mass is 445 g/mol. The molecule has 0 saturated heterocycles. The summed E-state index contributed by atoms with van der Waals surface area (Å²) >= 11 is 0. The molecule has 0 fully saturated rings. The van der Waals surface area contributed by atoms with Crippen LogP contribution >= 0.6 is 0 Å². The van der Waals surface area contributed by atoms with Crippen molar-refractivity contribution in [3.63, 3.8) is 0 Å². The predicted octanol–water partition coefficient (Wildman–Crippen LogP) is -0.410. The Morgan fingerprint density at radius 3 is 2.42 bits per heavy atom. The fraction of sp³-hybridized carbons (Fsp3) is 0.706. The molecule has 3 N–H and O–H groups in total. The molecule has 0 spiro atoms. The van der Waals surface area contributed by atoms with Gasteiger partial charge in [-0.05, 0) is 19.3 Å².